The Morgan fingerprint density at radius 3 is 2.42 bits per heavy atom. The van der Waals surface area contributed by atoms with Gasteiger partial charge >= 0.3 is 0 Å². The molecule has 0 radical (unpaired) electrons. The number of carbonyl (C=O) groups is 2. The number of rotatable bonds is 10. The van der Waals surface area contributed by atoms with E-state index in [1.54, 1.807) is 30.5 Å². The summed E-state index contributed by atoms with van der Waals surface area (Å²) in [5.41, 5.74) is 2.40. The van der Waals surface area contributed by atoms with Gasteiger partial charge in [-0.15, -0.1) is 0 Å². The number of nitrogens with one attached hydrogen (secondary N) is 2. The lowest BCUT2D eigenvalue weighted by Crippen LogP contribution is -2.58. The lowest BCUT2D eigenvalue weighted by Gasteiger charge is -2.39. The minimum atomic E-state index is -2.94. The van der Waals surface area contributed by atoms with Gasteiger partial charge in [0.2, 0.25) is 0 Å². The second-order valence-electron chi connectivity index (χ2n) is 11.7. The summed E-state index contributed by atoms with van der Waals surface area (Å²) in [4.78, 5) is 45.5. The molecule has 1 saturated carbocycles. The fraction of sp³-hybridized carbons (Fsp3) is 0.441. The number of amides is 2. The second kappa shape index (κ2) is 14.1. The van der Waals surface area contributed by atoms with Crippen molar-refractivity contribution >= 4 is 17.6 Å². The van der Waals surface area contributed by atoms with Crippen molar-refractivity contribution in [3.05, 3.63) is 80.9 Å². The Morgan fingerprint density at radius 2 is 1.82 bits per heavy atom. The normalized spacial score (nSPS) is 15.0. The monoisotopic (exact) mass is 618 g/mol. The van der Waals surface area contributed by atoms with Gasteiger partial charge in [0.1, 0.15) is 11.4 Å². The molecule has 1 aliphatic carbocycles. The number of alkyl halides is 2. The average molecular weight is 619 g/mol. The number of likely N-dealkylation sites (tertiary alicyclic amines) is 1. The molecule has 3 aromatic rings. The van der Waals surface area contributed by atoms with Crippen LogP contribution in [0.2, 0.25) is 0 Å². The van der Waals surface area contributed by atoms with Gasteiger partial charge < -0.3 is 20.1 Å². The first kappa shape index (κ1) is 33.5. The first-order valence-corrected chi connectivity index (χ1v) is 15.5. The molecule has 1 saturated heterocycles. The van der Waals surface area contributed by atoms with Crippen LogP contribution in [-0.2, 0) is 13.1 Å². The van der Waals surface area contributed by atoms with Crippen molar-refractivity contribution in [1.82, 2.24) is 19.8 Å². The zero-order chi connectivity index (χ0) is 32.9. The van der Waals surface area contributed by atoms with Crippen LogP contribution in [0.3, 0.4) is 0 Å². The first-order chi connectivity index (χ1) is 21.5. The van der Waals surface area contributed by atoms with Crippen molar-refractivity contribution in [2.75, 3.05) is 25.0 Å². The molecule has 2 N–H and O–H groups in total. The van der Waals surface area contributed by atoms with E-state index in [-0.39, 0.29) is 28.4 Å². The van der Waals surface area contributed by atoms with Gasteiger partial charge in [0.15, 0.2) is 0 Å². The Bertz CT molecular complexity index is 1670. The largest absolute Gasteiger partial charge is 0.326 e. The summed E-state index contributed by atoms with van der Waals surface area (Å²) >= 11 is 0. The number of aromatic nitrogens is 2. The summed E-state index contributed by atoms with van der Waals surface area (Å²) in [7, 11) is 0. The molecular weight excluding hydrogens is 578 g/mol. The van der Waals surface area contributed by atoms with E-state index in [4.69, 9.17) is 0 Å². The SMILES string of the molecule is CC.CCn1cc(CNCC(C)C)cc(C(=O)Nc2cc(-c3ccc(C#N)cc3C(=O)N3CC(F)(F)C3)cc(C3CC3)n2)c1=O. The molecule has 0 atom stereocenters. The van der Waals surface area contributed by atoms with E-state index in [2.05, 4.69) is 29.5 Å². The zero-order valence-electron chi connectivity index (χ0n) is 26.4. The summed E-state index contributed by atoms with van der Waals surface area (Å²) in [5, 5.41) is 15.6. The molecule has 45 heavy (non-hydrogen) atoms. The highest BCUT2D eigenvalue weighted by Gasteiger charge is 2.46. The number of hydrogen-bond acceptors (Lipinski definition) is 6. The van der Waals surface area contributed by atoms with Gasteiger partial charge in [0, 0.05) is 36.5 Å². The Kier molecular flexibility index (Phi) is 10.5. The van der Waals surface area contributed by atoms with E-state index in [1.165, 1.54) is 10.6 Å². The number of hydrogen-bond donors (Lipinski definition) is 2. The number of halogens is 2. The van der Waals surface area contributed by atoms with E-state index in [9.17, 15) is 28.4 Å². The van der Waals surface area contributed by atoms with Gasteiger partial charge in [0.25, 0.3) is 23.3 Å². The van der Waals surface area contributed by atoms with Crippen LogP contribution in [0.4, 0.5) is 14.6 Å². The molecule has 2 fully saturated rings. The first-order valence-electron chi connectivity index (χ1n) is 15.5. The van der Waals surface area contributed by atoms with E-state index >= 15 is 0 Å². The smallest absolute Gasteiger partial charge is 0.282 e. The number of aryl methyl sites for hydroxylation is 1. The van der Waals surface area contributed by atoms with Crippen molar-refractivity contribution in [1.29, 1.82) is 5.26 Å². The average Bonchev–Trinajstić information content (AvgIpc) is 3.86. The summed E-state index contributed by atoms with van der Waals surface area (Å²) in [5.74, 6) is -3.32. The van der Waals surface area contributed by atoms with Gasteiger partial charge in [-0.05, 0) is 79.3 Å². The molecule has 0 spiro atoms. The van der Waals surface area contributed by atoms with Crippen LogP contribution in [-0.4, -0.2) is 51.8 Å². The lowest BCUT2D eigenvalue weighted by atomic mass is 9.95. The van der Waals surface area contributed by atoms with Crippen molar-refractivity contribution in [2.24, 2.45) is 5.92 Å². The van der Waals surface area contributed by atoms with Gasteiger partial charge in [0.05, 0.1) is 24.7 Å². The number of pyridine rings is 2. The van der Waals surface area contributed by atoms with Crippen LogP contribution in [0.5, 0.6) is 0 Å². The van der Waals surface area contributed by atoms with Gasteiger partial charge in [-0.3, -0.25) is 14.4 Å². The van der Waals surface area contributed by atoms with Crippen molar-refractivity contribution in [2.45, 2.75) is 72.4 Å². The van der Waals surface area contributed by atoms with Gasteiger partial charge in [-0.2, -0.15) is 5.26 Å². The third-order valence-corrected chi connectivity index (χ3v) is 7.51. The third-order valence-electron chi connectivity index (χ3n) is 7.51. The molecular formula is C34H40F2N6O3. The summed E-state index contributed by atoms with van der Waals surface area (Å²) in [6, 6.07) is 11.6. The zero-order valence-corrected chi connectivity index (χ0v) is 26.4. The van der Waals surface area contributed by atoms with Crippen LogP contribution >= 0.6 is 0 Å². The molecule has 2 aliphatic rings. The predicted octanol–water partition coefficient (Wildman–Crippen LogP) is 5.79. The fourth-order valence-corrected chi connectivity index (χ4v) is 5.11. The minimum absolute atomic E-state index is 0.0150. The van der Waals surface area contributed by atoms with Crippen molar-refractivity contribution in [3.8, 4) is 17.2 Å². The predicted molar refractivity (Wildman–Crippen MR) is 169 cm³/mol. The Labute approximate surface area is 262 Å². The van der Waals surface area contributed by atoms with E-state index in [1.807, 2.05) is 32.9 Å². The van der Waals surface area contributed by atoms with Crippen molar-refractivity contribution < 1.29 is 18.4 Å². The summed E-state index contributed by atoms with van der Waals surface area (Å²) in [6.45, 7) is 10.3. The molecule has 2 aromatic heterocycles. The Morgan fingerprint density at radius 1 is 1.11 bits per heavy atom. The topological polar surface area (TPSA) is 120 Å². The number of nitrogens with zero attached hydrogens (tertiary/aromatic N) is 4. The lowest BCUT2D eigenvalue weighted by molar-refractivity contribution is -0.113. The van der Waals surface area contributed by atoms with Crippen LogP contribution in [0.1, 0.15) is 90.9 Å². The fourth-order valence-electron chi connectivity index (χ4n) is 5.11. The van der Waals surface area contributed by atoms with Crippen LogP contribution in [0.15, 0.2) is 47.4 Å². The molecule has 9 nitrogen and oxygen atoms in total. The summed E-state index contributed by atoms with van der Waals surface area (Å²) < 4.78 is 28.6. The maximum absolute atomic E-state index is 13.6. The number of carbonyl (C=O) groups excluding carboxylic acids is 2. The van der Waals surface area contributed by atoms with E-state index in [0.717, 1.165) is 29.8 Å². The maximum Gasteiger partial charge on any atom is 0.282 e. The van der Waals surface area contributed by atoms with Gasteiger partial charge in [-0.25, -0.2) is 13.8 Å². The molecule has 238 valence electrons. The summed E-state index contributed by atoms with van der Waals surface area (Å²) in [6.07, 6.45) is 3.57. The number of nitriles is 1. The second-order valence-corrected chi connectivity index (χ2v) is 11.7. The maximum atomic E-state index is 13.6. The standard InChI is InChI=1S/C32H34F2N6O3.C2H6/c1-4-39-16-21(15-36-14-19(2)3)10-26(31(39)43)29(41)38-28-12-23(11-27(37-28)22-6-7-22)24-8-5-20(13-35)9-25(24)30(42)40-17-32(33,34)18-40;1-2/h5,8-12,16,19,22,36H,4,6-7,14-15,17-18H2,1-3H3,(H,37,38,41);1-2H3. The molecule has 1 aromatic carbocycles. The molecule has 5 rings (SSSR count). The highest BCUT2D eigenvalue weighted by Crippen LogP contribution is 2.41. The van der Waals surface area contributed by atoms with Crippen LogP contribution in [0.25, 0.3) is 11.1 Å². The highest BCUT2D eigenvalue weighted by molar-refractivity contribution is 6.05. The molecule has 3 heterocycles. The van der Waals surface area contributed by atoms with Gasteiger partial charge in [-0.1, -0.05) is 33.8 Å². The Hall–Kier alpha value is -4.43. The highest BCUT2D eigenvalue weighted by atomic mass is 19.3. The van der Waals surface area contributed by atoms with E-state index in [0.29, 0.717) is 35.8 Å². The molecule has 0 bridgehead atoms. The number of benzene rings is 1. The minimum Gasteiger partial charge on any atom is -0.326 e. The third kappa shape index (κ3) is 8.00. The molecule has 11 heteroatoms. The molecule has 2 amide bonds. The molecule has 0 unspecified atom stereocenters. The Balaban J connectivity index is 0.00000226. The van der Waals surface area contributed by atoms with Crippen molar-refractivity contribution in [3.63, 3.8) is 0 Å². The van der Waals surface area contributed by atoms with Crippen LogP contribution < -0.4 is 16.2 Å². The van der Waals surface area contributed by atoms with E-state index < -0.39 is 36.4 Å². The van der Waals surface area contributed by atoms with Crippen LogP contribution in [0, 0.1) is 17.2 Å². The quantitative estimate of drug-likeness (QED) is 0.297. The molecule has 1 aliphatic heterocycles. The number of anilines is 1.